The van der Waals surface area contributed by atoms with Crippen LogP contribution in [0.1, 0.15) is 31.1 Å². The molecule has 3 nitrogen and oxygen atoms in total. The van der Waals surface area contributed by atoms with Crippen molar-refractivity contribution in [2.45, 2.75) is 26.4 Å². The Morgan fingerprint density at radius 1 is 1.13 bits per heavy atom. The first-order valence-corrected chi connectivity index (χ1v) is 4.44. The van der Waals surface area contributed by atoms with Crippen LogP contribution in [0, 0.1) is 0 Å². The average molecular weight is 231 g/mol. The average Bonchev–Trinajstić information content (AvgIpc) is 2.14. The highest BCUT2D eigenvalue weighted by Gasteiger charge is 2.15. The molecule has 0 aliphatic carbocycles. The first-order chi connectivity index (χ1) is 6.49. The lowest BCUT2D eigenvalue weighted by atomic mass is 10.2. The highest BCUT2D eigenvalue weighted by Crippen LogP contribution is 2.09. The molecule has 0 spiro atoms. The Morgan fingerprint density at radius 2 is 1.67 bits per heavy atom. The van der Waals surface area contributed by atoms with Gasteiger partial charge in [-0.3, -0.25) is 4.89 Å². The quantitative estimate of drug-likeness (QED) is 0.579. The van der Waals surface area contributed by atoms with E-state index in [1.165, 1.54) is 0 Å². The van der Waals surface area contributed by atoms with Crippen LogP contribution in [0.2, 0.25) is 0 Å². The predicted octanol–water partition coefficient (Wildman–Crippen LogP) is 3.00. The monoisotopic (exact) mass is 230 g/mol. The van der Waals surface area contributed by atoms with Gasteiger partial charge in [0.15, 0.2) is 0 Å². The molecule has 0 unspecified atom stereocenters. The van der Waals surface area contributed by atoms with Crippen LogP contribution in [0.3, 0.4) is 0 Å². The van der Waals surface area contributed by atoms with E-state index in [1.54, 1.807) is 24.3 Å². The second-order valence-corrected chi connectivity index (χ2v) is 3.93. The molecular weight excluding hydrogens is 216 g/mol. The van der Waals surface area contributed by atoms with E-state index in [-0.39, 0.29) is 12.4 Å². The summed E-state index contributed by atoms with van der Waals surface area (Å²) < 4.78 is 0. The smallest absolute Gasteiger partial charge is 0.292 e. The summed E-state index contributed by atoms with van der Waals surface area (Å²) in [7, 11) is 0. The van der Waals surface area contributed by atoms with Crippen molar-refractivity contribution in [1.82, 2.24) is 0 Å². The molecule has 0 bridgehead atoms. The molecule has 0 saturated heterocycles. The van der Waals surface area contributed by atoms with E-state index in [0.29, 0.717) is 5.56 Å². The van der Waals surface area contributed by atoms with Gasteiger partial charge in [-0.1, -0.05) is 18.2 Å². The molecule has 0 saturated carbocycles. The molecule has 84 valence electrons. The van der Waals surface area contributed by atoms with Crippen molar-refractivity contribution >= 4 is 18.4 Å². The van der Waals surface area contributed by atoms with Gasteiger partial charge in [-0.25, -0.2) is 4.79 Å². The van der Waals surface area contributed by atoms with E-state index in [9.17, 15) is 4.79 Å². The van der Waals surface area contributed by atoms with Gasteiger partial charge in [-0.05, 0) is 32.9 Å². The lowest BCUT2D eigenvalue weighted by Gasteiger charge is -2.16. The van der Waals surface area contributed by atoms with E-state index in [0.717, 1.165) is 0 Å². The summed E-state index contributed by atoms with van der Waals surface area (Å²) in [6.07, 6.45) is 0. The van der Waals surface area contributed by atoms with Gasteiger partial charge in [0.2, 0.25) is 0 Å². The first-order valence-electron chi connectivity index (χ1n) is 4.44. The van der Waals surface area contributed by atoms with Crippen molar-refractivity contribution in [1.29, 1.82) is 0 Å². The molecule has 1 rings (SSSR count). The van der Waals surface area contributed by atoms with Gasteiger partial charge in [0.1, 0.15) is 5.60 Å². The summed E-state index contributed by atoms with van der Waals surface area (Å²) >= 11 is 0. The topological polar surface area (TPSA) is 35.5 Å². The van der Waals surface area contributed by atoms with E-state index in [2.05, 4.69) is 4.89 Å². The molecule has 1 aromatic rings. The summed E-state index contributed by atoms with van der Waals surface area (Å²) in [5.74, 6) is -0.472. The van der Waals surface area contributed by atoms with Crippen LogP contribution in [0.5, 0.6) is 0 Å². The minimum atomic E-state index is -0.482. The minimum absolute atomic E-state index is 0. The third kappa shape index (κ3) is 5.40. The Hall–Kier alpha value is -1.06. The lowest BCUT2D eigenvalue weighted by molar-refractivity contribution is -0.301. The van der Waals surface area contributed by atoms with Crippen LogP contribution in [0.25, 0.3) is 0 Å². The standard InChI is InChI=1S/C11H14O3.ClH/c1-11(2,3)14-13-10(12)9-7-5-4-6-8-9;/h4-8H,1-3H3;1H. The van der Waals surface area contributed by atoms with Gasteiger partial charge >= 0.3 is 5.97 Å². The molecular formula is C11H15ClO3. The number of hydrogen-bond acceptors (Lipinski definition) is 3. The van der Waals surface area contributed by atoms with Crippen molar-refractivity contribution < 1.29 is 14.6 Å². The number of carbonyl (C=O) groups excluding carboxylic acids is 1. The molecule has 0 aromatic heterocycles. The highest BCUT2D eigenvalue weighted by molar-refractivity contribution is 5.88. The Kier molecular flexibility index (Phi) is 5.33. The molecule has 0 N–H and O–H groups in total. The lowest BCUT2D eigenvalue weighted by Crippen LogP contribution is -2.21. The van der Waals surface area contributed by atoms with E-state index in [4.69, 9.17) is 4.89 Å². The highest BCUT2D eigenvalue weighted by atomic mass is 35.5. The van der Waals surface area contributed by atoms with Gasteiger partial charge in [0.25, 0.3) is 0 Å². The summed E-state index contributed by atoms with van der Waals surface area (Å²) in [5.41, 5.74) is 0.00140. The second kappa shape index (κ2) is 5.73. The van der Waals surface area contributed by atoms with Crippen LogP contribution >= 0.6 is 12.4 Å². The minimum Gasteiger partial charge on any atom is -0.292 e. The summed E-state index contributed by atoms with van der Waals surface area (Å²) in [6.45, 7) is 5.43. The fraction of sp³-hybridized carbons (Fsp3) is 0.364. The van der Waals surface area contributed by atoms with Gasteiger partial charge < -0.3 is 0 Å². The zero-order valence-corrected chi connectivity index (χ0v) is 9.84. The van der Waals surface area contributed by atoms with Crippen molar-refractivity contribution in [3.63, 3.8) is 0 Å². The van der Waals surface area contributed by atoms with Crippen LogP contribution in [-0.4, -0.2) is 11.6 Å². The SMILES string of the molecule is CC(C)(C)OOC(=O)c1ccccc1.Cl. The van der Waals surface area contributed by atoms with Gasteiger partial charge in [0.05, 0.1) is 5.56 Å². The van der Waals surface area contributed by atoms with E-state index < -0.39 is 11.6 Å². The zero-order valence-electron chi connectivity index (χ0n) is 9.02. The maximum absolute atomic E-state index is 11.3. The molecule has 0 aliphatic heterocycles. The Morgan fingerprint density at radius 3 is 2.13 bits per heavy atom. The van der Waals surface area contributed by atoms with Gasteiger partial charge in [-0.2, -0.15) is 4.89 Å². The molecule has 0 aliphatic rings. The largest absolute Gasteiger partial charge is 0.373 e. The maximum Gasteiger partial charge on any atom is 0.373 e. The first kappa shape index (κ1) is 13.9. The van der Waals surface area contributed by atoms with Crippen molar-refractivity contribution in [3.8, 4) is 0 Å². The number of rotatable bonds is 2. The fourth-order valence-corrected chi connectivity index (χ4v) is 0.785. The Balaban J connectivity index is 0.00000196. The molecule has 0 fully saturated rings. The third-order valence-electron chi connectivity index (χ3n) is 1.38. The third-order valence-corrected chi connectivity index (χ3v) is 1.38. The molecule has 0 amide bonds. The Bertz CT molecular complexity index is 303. The fourth-order valence-electron chi connectivity index (χ4n) is 0.785. The van der Waals surface area contributed by atoms with E-state index in [1.807, 2.05) is 26.8 Å². The van der Waals surface area contributed by atoms with Crippen molar-refractivity contribution in [3.05, 3.63) is 35.9 Å². The van der Waals surface area contributed by atoms with Crippen LogP contribution in [0.4, 0.5) is 0 Å². The number of hydrogen-bond donors (Lipinski definition) is 0. The Labute approximate surface area is 95.7 Å². The molecule has 0 heterocycles. The van der Waals surface area contributed by atoms with Crippen LogP contribution in [-0.2, 0) is 9.78 Å². The van der Waals surface area contributed by atoms with Gasteiger partial charge in [-0.15, -0.1) is 12.4 Å². The molecule has 0 atom stereocenters. The van der Waals surface area contributed by atoms with Crippen LogP contribution in [0.15, 0.2) is 30.3 Å². The summed E-state index contributed by atoms with van der Waals surface area (Å²) in [6, 6.07) is 8.73. The molecule has 0 radical (unpaired) electrons. The van der Waals surface area contributed by atoms with Gasteiger partial charge in [0, 0.05) is 0 Å². The second-order valence-electron chi connectivity index (χ2n) is 3.93. The predicted molar refractivity (Wildman–Crippen MR) is 59.9 cm³/mol. The number of benzene rings is 1. The molecule has 15 heavy (non-hydrogen) atoms. The number of carbonyl (C=O) groups is 1. The van der Waals surface area contributed by atoms with Crippen LogP contribution < -0.4 is 0 Å². The molecule has 1 aromatic carbocycles. The summed E-state index contributed by atoms with van der Waals surface area (Å²) in [4.78, 5) is 20.9. The van der Waals surface area contributed by atoms with E-state index >= 15 is 0 Å². The zero-order chi connectivity index (χ0) is 10.6. The summed E-state index contributed by atoms with van der Waals surface area (Å²) in [5, 5.41) is 0. The normalized spacial score (nSPS) is 10.3. The number of halogens is 1. The molecule has 4 heteroatoms. The van der Waals surface area contributed by atoms with Crippen molar-refractivity contribution in [2.75, 3.05) is 0 Å². The van der Waals surface area contributed by atoms with Crippen molar-refractivity contribution in [2.24, 2.45) is 0 Å². The maximum atomic E-state index is 11.3.